The summed E-state index contributed by atoms with van der Waals surface area (Å²) >= 11 is 7.20. The largest absolute Gasteiger partial charge is 0.325 e. The zero-order chi connectivity index (χ0) is 20.5. The average molecular weight is 425 g/mol. The smallest absolute Gasteiger partial charge is 0.238 e. The Morgan fingerprint density at radius 3 is 2.68 bits per heavy atom. The van der Waals surface area contributed by atoms with Gasteiger partial charge in [-0.1, -0.05) is 18.2 Å². The van der Waals surface area contributed by atoms with Crippen molar-refractivity contribution in [3.05, 3.63) is 59.7 Å². The van der Waals surface area contributed by atoms with Gasteiger partial charge in [0.25, 0.3) is 0 Å². The van der Waals surface area contributed by atoms with Gasteiger partial charge >= 0.3 is 0 Å². The summed E-state index contributed by atoms with van der Waals surface area (Å²) in [6, 6.07) is 10.1. The molecule has 1 atom stereocenters. The Bertz CT molecular complexity index is 923. The summed E-state index contributed by atoms with van der Waals surface area (Å²) in [4.78, 5) is 26.3. The Kier molecular flexibility index (Phi) is 5.95. The van der Waals surface area contributed by atoms with E-state index in [0.29, 0.717) is 11.3 Å². The van der Waals surface area contributed by atoms with Crippen molar-refractivity contribution in [3.63, 3.8) is 0 Å². The highest BCUT2D eigenvalue weighted by molar-refractivity contribution is 8.00. The lowest BCUT2D eigenvalue weighted by molar-refractivity contribution is -0.123. The van der Waals surface area contributed by atoms with E-state index in [1.54, 1.807) is 38.1 Å². The number of carbonyl (C=O) groups is 2. The predicted octanol–water partition coefficient (Wildman–Crippen LogP) is 4.95. The Hall–Kier alpha value is -2.12. The number of anilines is 2. The third-order valence-electron chi connectivity index (χ3n) is 4.46. The van der Waals surface area contributed by atoms with Crippen LogP contribution in [0.4, 0.5) is 20.2 Å². The molecule has 3 rings (SSSR count). The van der Waals surface area contributed by atoms with Crippen LogP contribution in [0.1, 0.15) is 24.8 Å². The van der Waals surface area contributed by atoms with Crippen LogP contribution in [-0.4, -0.2) is 23.4 Å². The monoisotopic (exact) mass is 424 g/mol. The summed E-state index contributed by atoms with van der Waals surface area (Å²) in [5.41, 5.74) is 0.394. The molecule has 0 aliphatic carbocycles. The first-order valence-corrected chi connectivity index (χ1v) is 10.2. The molecular weight excluding hydrogens is 406 g/mol. The van der Waals surface area contributed by atoms with Crippen molar-refractivity contribution in [3.8, 4) is 0 Å². The first-order valence-electron chi connectivity index (χ1n) is 8.59. The summed E-state index contributed by atoms with van der Waals surface area (Å²) in [6.45, 7) is 3.46. The zero-order valence-corrected chi connectivity index (χ0v) is 16.9. The van der Waals surface area contributed by atoms with Gasteiger partial charge < -0.3 is 5.32 Å². The number of hydrogen-bond acceptors (Lipinski definition) is 3. The molecule has 8 heteroatoms. The topological polar surface area (TPSA) is 49.4 Å². The minimum Gasteiger partial charge on any atom is -0.325 e. The third kappa shape index (κ3) is 4.00. The van der Waals surface area contributed by atoms with Gasteiger partial charge in [0.1, 0.15) is 17.0 Å². The Morgan fingerprint density at radius 2 is 2.00 bits per heavy atom. The molecule has 0 radical (unpaired) electrons. The number of para-hydroxylation sites is 1. The predicted molar refractivity (Wildman–Crippen MR) is 109 cm³/mol. The molecular formula is C20H19ClF2N2O2S. The standard InChI is InChI=1S/C20H19ClF2N2O2S/c1-20(2,11-21)19(27)24-15-6-4-3-5-13(15)18-25(17(26)10-28-18)16-8-7-12(22)9-14(16)23/h3-9,18H,10-11H2,1-2H3,(H,24,27)/t18-/m0/s1. The molecule has 0 unspecified atom stereocenters. The van der Waals surface area contributed by atoms with Crippen molar-refractivity contribution in [2.75, 3.05) is 21.8 Å². The van der Waals surface area contributed by atoms with E-state index in [9.17, 15) is 18.4 Å². The number of rotatable bonds is 5. The van der Waals surface area contributed by atoms with E-state index in [1.807, 2.05) is 0 Å². The quantitative estimate of drug-likeness (QED) is 0.691. The Morgan fingerprint density at radius 1 is 1.29 bits per heavy atom. The number of halogens is 3. The highest BCUT2D eigenvalue weighted by Crippen LogP contribution is 2.45. The summed E-state index contributed by atoms with van der Waals surface area (Å²) in [6.07, 6.45) is 0. The van der Waals surface area contributed by atoms with Gasteiger partial charge in [0, 0.05) is 23.2 Å². The lowest BCUT2D eigenvalue weighted by atomic mass is 9.95. The van der Waals surface area contributed by atoms with E-state index in [4.69, 9.17) is 11.6 Å². The van der Waals surface area contributed by atoms with E-state index in [2.05, 4.69) is 5.32 Å². The van der Waals surface area contributed by atoms with Crippen molar-refractivity contribution in [1.29, 1.82) is 0 Å². The minimum atomic E-state index is -0.814. The molecule has 0 aromatic heterocycles. The molecule has 1 N–H and O–H groups in total. The summed E-state index contributed by atoms with van der Waals surface area (Å²) in [5.74, 6) is -1.79. The molecule has 2 aromatic rings. The minimum absolute atomic E-state index is 0.00335. The molecule has 0 bridgehead atoms. The molecule has 0 spiro atoms. The highest BCUT2D eigenvalue weighted by atomic mass is 35.5. The van der Waals surface area contributed by atoms with Gasteiger partial charge in [0.15, 0.2) is 0 Å². The van der Waals surface area contributed by atoms with E-state index >= 15 is 0 Å². The second-order valence-electron chi connectivity index (χ2n) is 7.08. The third-order valence-corrected chi connectivity index (χ3v) is 6.32. The Labute approximate surface area is 171 Å². The maximum absolute atomic E-state index is 14.3. The SMILES string of the molecule is CC(C)(CCl)C(=O)Nc1ccccc1[C@@H]1SCC(=O)N1c1ccc(F)cc1F. The number of nitrogens with zero attached hydrogens (tertiary/aromatic N) is 1. The summed E-state index contributed by atoms with van der Waals surface area (Å²) in [7, 11) is 0. The van der Waals surface area contributed by atoms with E-state index in [-0.39, 0.29) is 29.1 Å². The lowest BCUT2D eigenvalue weighted by Gasteiger charge is -2.27. The van der Waals surface area contributed by atoms with Crippen molar-refractivity contribution >= 4 is 46.6 Å². The van der Waals surface area contributed by atoms with Crippen LogP contribution in [0.2, 0.25) is 0 Å². The van der Waals surface area contributed by atoms with Crippen LogP contribution in [0.25, 0.3) is 0 Å². The van der Waals surface area contributed by atoms with Crippen LogP contribution in [0, 0.1) is 17.0 Å². The molecule has 0 saturated carbocycles. The number of thioether (sulfide) groups is 1. The number of hydrogen-bond donors (Lipinski definition) is 1. The van der Waals surface area contributed by atoms with Gasteiger partial charge in [-0.25, -0.2) is 8.78 Å². The molecule has 4 nitrogen and oxygen atoms in total. The van der Waals surface area contributed by atoms with Crippen LogP contribution in [0.15, 0.2) is 42.5 Å². The van der Waals surface area contributed by atoms with Crippen LogP contribution < -0.4 is 10.2 Å². The number of benzene rings is 2. The van der Waals surface area contributed by atoms with Gasteiger partial charge in [-0.2, -0.15) is 0 Å². The van der Waals surface area contributed by atoms with Crippen molar-refractivity contribution in [2.24, 2.45) is 5.41 Å². The van der Waals surface area contributed by atoms with Crippen molar-refractivity contribution in [2.45, 2.75) is 19.2 Å². The lowest BCUT2D eigenvalue weighted by Crippen LogP contribution is -2.33. The number of amides is 2. The summed E-state index contributed by atoms with van der Waals surface area (Å²) in [5, 5.41) is 2.31. The zero-order valence-electron chi connectivity index (χ0n) is 15.3. The van der Waals surface area contributed by atoms with Crippen molar-refractivity contribution < 1.29 is 18.4 Å². The van der Waals surface area contributed by atoms with Gasteiger partial charge in [-0.05, 0) is 32.0 Å². The first kappa shape index (κ1) is 20.6. The van der Waals surface area contributed by atoms with Crippen molar-refractivity contribution in [1.82, 2.24) is 0 Å². The normalized spacial score (nSPS) is 17.1. The highest BCUT2D eigenvalue weighted by Gasteiger charge is 2.37. The van der Waals surface area contributed by atoms with Gasteiger partial charge in [-0.3, -0.25) is 14.5 Å². The molecule has 1 heterocycles. The second-order valence-corrected chi connectivity index (χ2v) is 8.42. The van der Waals surface area contributed by atoms with Gasteiger partial charge in [0.05, 0.1) is 16.9 Å². The molecule has 1 saturated heterocycles. The van der Waals surface area contributed by atoms with Gasteiger partial charge in [0.2, 0.25) is 11.8 Å². The van der Waals surface area contributed by atoms with Crippen LogP contribution in [-0.2, 0) is 9.59 Å². The maximum Gasteiger partial charge on any atom is 0.238 e. The number of carbonyl (C=O) groups excluding carboxylic acids is 2. The van der Waals surface area contributed by atoms with E-state index < -0.39 is 22.4 Å². The molecule has 148 valence electrons. The first-order chi connectivity index (χ1) is 13.2. The fraction of sp³-hybridized carbons (Fsp3) is 0.300. The fourth-order valence-electron chi connectivity index (χ4n) is 2.77. The summed E-state index contributed by atoms with van der Waals surface area (Å²) < 4.78 is 27.6. The Balaban J connectivity index is 1.98. The molecule has 2 aromatic carbocycles. The molecule has 2 amide bonds. The second kappa shape index (κ2) is 8.09. The van der Waals surface area contributed by atoms with Crippen LogP contribution in [0.5, 0.6) is 0 Å². The fourth-order valence-corrected chi connectivity index (χ4v) is 4.10. The maximum atomic E-state index is 14.3. The molecule has 1 fully saturated rings. The van der Waals surface area contributed by atoms with Crippen LogP contribution >= 0.6 is 23.4 Å². The molecule has 28 heavy (non-hydrogen) atoms. The molecule has 1 aliphatic heterocycles. The van der Waals surface area contributed by atoms with E-state index in [1.165, 1.54) is 22.7 Å². The number of nitrogens with one attached hydrogen (secondary N) is 1. The number of alkyl halides is 1. The van der Waals surface area contributed by atoms with Gasteiger partial charge in [-0.15, -0.1) is 23.4 Å². The van der Waals surface area contributed by atoms with Crippen LogP contribution in [0.3, 0.4) is 0 Å². The van der Waals surface area contributed by atoms with E-state index in [0.717, 1.165) is 12.1 Å². The molecule has 1 aliphatic rings. The average Bonchev–Trinajstić information content (AvgIpc) is 3.03.